The van der Waals surface area contributed by atoms with Gasteiger partial charge in [0.2, 0.25) is 0 Å². The monoisotopic (exact) mass is 283 g/mol. The number of benzene rings is 1. The van der Waals surface area contributed by atoms with E-state index in [1.807, 2.05) is 36.4 Å². The molecule has 21 heavy (non-hydrogen) atoms. The lowest BCUT2D eigenvalue weighted by Crippen LogP contribution is -2.24. The van der Waals surface area contributed by atoms with E-state index in [4.69, 9.17) is 10.00 Å². The molecule has 3 heteroatoms. The second-order valence-corrected chi connectivity index (χ2v) is 5.48. The third-order valence-corrected chi connectivity index (χ3v) is 4.03. The number of allylic oxidation sites excluding steroid dienone is 2. The van der Waals surface area contributed by atoms with Crippen LogP contribution in [0.4, 0.5) is 0 Å². The molecule has 3 nitrogen and oxygen atoms in total. The van der Waals surface area contributed by atoms with Crippen molar-refractivity contribution in [2.75, 3.05) is 0 Å². The van der Waals surface area contributed by atoms with E-state index >= 15 is 0 Å². The number of ether oxygens (including phenoxy) is 1. The second kappa shape index (κ2) is 7.64. The van der Waals surface area contributed by atoms with Crippen molar-refractivity contribution in [3.05, 3.63) is 47.5 Å². The number of hydrogen-bond donors (Lipinski definition) is 0. The molecule has 110 valence electrons. The summed E-state index contributed by atoms with van der Waals surface area (Å²) in [7, 11) is 0. The molecule has 2 rings (SSSR count). The van der Waals surface area contributed by atoms with Gasteiger partial charge in [0.15, 0.2) is 0 Å². The predicted octanol–water partition coefficient (Wildman–Crippen LogP) is 4.04. The largest absolute Gasteiger partial charge is 0.459 e. The van der Waals surface area contributed by atoms with Gasteiger partial charge in [-0.25, -0.2) is 4.79 Å². The predicted molar refractivity (Wildman–Crippen MR) is 81.7 cm³/mol. The van der Waals surface area contributed by atoms with Crippen molar-refractivity contribution in [2.45, 2.75) is 45.1 Å². The zero-order valence-electron chi connectivity index (χ0n) is 12.4. The van der Waals surface area contributed by atoms with Crippen molar-refractivity contribution < 1.29 is 9.53 Å². The van der Waals surface area contributed by atoms with Crippen LogP contribution in [-0.4, -0.2) is 12.1 Å². The van der Waals surface area contributed by atoms with E-state index in [0.717, 1.165) is 32.1 Å². The third kappa shape index (κ3) is 4.46. The van der Waals surface area contributed by atoms with Gasteiger partial charge in [0.25, 0.3) is 0 Å². The molecule has 0 spiro atoms. The van der Waals surface area contributed by atoms with Crippen LogP contribution in [0.25, 0.3) is 0 Å². The lowest BCUT2D eigenvalue weighted by molar-refractivity contribution is 0.0185. The summed E-state index contributed by atoms with van der Waals surface area (Å²) in [5.41, 5.74) is 1.84. The number of nitriles is 1. The van der Waals surface area contributed by atoms with Crippen molar-refractivity contribution >= 4 is 5.97 Å². The van der Waals surface area contributed by atoms with Crippen molar-refractivity contribution in [2.24, 2.45) is 5.92 Å². The zero-order valence-corrected chi connectivity index (χ0v) is 12.4. The Morgan fingerprint density at radius 2 is 1.95 bits per heavy atom. The smallest absolute Gasteiger partial charge is 0.338 e. The maximum Gasteiger partial charge on any atom is 0.338 e. The van der Waals surface area contributed by atoms with E-state index in [1.54, 1.807) is 6.08 Å². The van der Waals surface area contributed by atoms with E-state index in [0.29, 0.717) is 11.5 Å². The lowest BCUT2D eigenvalue weighted by Gasteiger charge is -2.26. The SMILES string of the molecule is CCc1ccc(C(=O)O[C@H]2CC[C@H](C=CC#N)CC2)cc1. The number of aryl methyl sites for hydroxylation is 1. The van der Waals surface area contributed by atoms with E-state index in [1.165, 1.54) is 5.56 Å². The fourth-order valence-electron chi connectivity index (χ4n) is 2.67. The quantitative estimate of drug-likeness (QED) is 0.619. The van der Waals surface area contributed by atoms with E-state index in [2.05, 4.69) is 6.92 Å². The average molecular weight is 283 g/mol. The molecule has 1 aromatic rings. The minimum atomic E-state index is -0.228. The highest BCUT2D eigenvalue weighted by Crippen LogP contribution is 2.27. The van der Waals surface area contributed by atoms with Crippen LogP contribution in [0.2, 0.25) is 0 Å². The number of rotatable bonds is 4. The van der Waals surface area contributed by atoms with Gasteiger partial charge < -0.3 is 4.74 Å². The van der Waals surface area contributed by atoms with Gasteiger partial charge in [0.05, 0.1) is 11.6 Å². The molecule has 0 radical (unpaired) electrons. The Hall–Kier alpha value is -2.08. The van der Waals surface area contributed by atoms with Crippen LogP contribution in [-0.2, 0) is 11.2 Å². The zero-order chi connectivity index (χ0) is 15.1. The highest BCUT2D eigenvalue weighted by molar-refractivity contribution is 5.89. The second-order valence-electron chi connectivity index (χ2n) is 5.48. The minimum Gasteiger partial charge on any atom is -0.459 e. The number of nitrogens with zero attached hydrogens (tertiary/aromatic N) is 1. The topological polar surface area (TPSA) is 50.1 Å². The Morgan fingerprint density at radius 1 is 1.29 bits per heavy atom. The van der Waals surface area contributed by atoms with Gasteiger partial charge in [-0.3, -0.25) is 0 Å². The van der Waals surface area contributed by atoms with Gasteiger partial charge in [0, 0.05) is 6.08 Å². The molecule has 0 atom stereocenters. The van der Waals surface area contributed by atoms with Crippen LogP contribution in [0.15, 0.2) is 36.4 Å². The first kappa shape index (κ1) is 15.3. The molecule has 1 aromatic carbocycles. The molecule has 0 unspecified atom stereocenters. The molecular weight excluding hydrogens is 262 g/mol. The first-order valence-corrected chi connectivity index (χ1v) is 7.59. The number of hydrogen-bond acceptors (Lipinski definition) is 3. The Kier molecular flexibility index (Phi) is 5.57. The van der Waals surface area contributed by atoms with E-state index in [-0.39, 0.29) is 12.1 Å². The maximum atomic E-state index is 12.1. The summed E-state index contributed by atoms with van der Waals surface area (Å²) in [6, 6.07) is 9.64. The van der Waals surface area contributed by atoms with Crippen LogP contribution < -0.4 is 0 Å². The molecule has 1 aliphatic rings. The standard InChI is InChI=1S/C18H21NO2/c1-2-14-5-9-16(10-6-14)18(20)21-17-11-7-15(8-12-17)4-3-13-19/h3-6,9-10,15,17H,2,7-8,11-12H2,1H3/t15-,17-. The molecule has 1 fully saturated rings. The molecule has 0 aromatic heterocycles. The van der Waals surface area contributed by atoms with Crippen molar-refractivity contribution in [3.63, 3.8) is 0 Å². The fourth-order valence-corrected chi connectivity index (χ4v) is 2.67. The number of carbonyl (C=O) groups is 1. The highest BCUT2D eigenvalue weighted by Gasteiger charge is 2.23. The summed E-state index contributed by atoms with van der Waals surface area (Å²) in [5.74, 6) is 0.220. The van der Waals surface area contributed by atoms with Gasteiger partial charge in [-0.1, -0.05) is 25.1 Å². The van der Waals surface area contributed by atoms with Crippen LogP contribution in [0.5, 0.6) is 0 Å². The summed E-state index contributed by atoms with van der Waals surface area (Å²) in [6.45, 7) is 2.09. The summed E-state index contributed by atoms with van der Waals surface area (Å²) in [5, 5.41) is 8.53. The van der Waals surface area contributed by atoms with Crippen LogP contribution in [0.1, 0.15) is 48.5 Å². The number of esters is 1. The minimum absolute atomic E-state index is 0.00934. The van der Waals surface area contributed by atoms with Gasteiger partial charge in [-0.05, 0) is 55.7 Å². The first-order valence-electron chi connectivity index (χ1n) is 7.59. The average Bonchev–Trinajstić information content (AvgIpc) is 2.54. The van der Waals surface area contributed by atoms with Gasteiger partial charge in [0.1, 0.15) is 6.10 Å². The molecule has 0 N–H and O–H groups in total. The summed E-state index contributed by atoms with van der Waals surface area (Å²) >= 11 is 0. The van der Waals surface area contributed by atoms with Crippen molar-refractivity contribution in [1.82, 2.24) is 0 Å². The van der Waals surface area contributed by atoms with Crippen LogP contribution in [0, 0.1) is 17.2 Å². The van der Waals surface area contributed by atoms with Gasteiger partial charge >= 0.3 is 5.97 Å². The Morgan fingerprint density at radius 3 is 2.52 bits per heavy atom. The molecule has 0 saturated heterocycles. The third-order valence-electron chi connectivity index (χ3n) is 4.03. The molecule has 0 amide bonds. The first-order chi connectivity index (χ1) is 10.2. The fraction of sp³-hybridized carbons (Fsp3) is 0.444. The Balaban J connectivity index is 1.84. The van der Waals surface area contributed by atoms with E-state index in [9.17, 15) is 4.79 Å². The molecule has 1 saturated carbocycles. The summed E-state index contributed by atoms with van der Waals surface area (Å²) in [4.78, 5) is 12.1. The van der Waals surface area contributed by atoms with Crippen LogP contribution >= 0.6 is 0 Å². The van der Waals surface area contributed by atoms with Gasteiger partial charge in [-0.15, -0.1) is 0 Å². The van der Waals surface area contributed by atoms with E-state index < -0.39 is 0 Å². The lowest BCUT2D eigenvalue weighted by atomic mass is 9.87. The Bertz CT molecular complexity index is 531. The Labute approximate surface area is 126 Å². The van der Waals surface area contributed by atoms with Crippen LogP contribution in [0.3, 0.4) is 0 Å². The van der Waals surface area contributed by atoms with Crippen molar-refractivity contribution in [1.29, 1.82) is 5.26 Å². The maximum absolute atomic E-state index is 12.1. The highest BCUT2D eigenvalue weighted by atomic mass is 16.5. The molecule has 1 aliphatic carbocycles. The normalized spacial score (nSPS) is 21.9. The molecule has 0 bridgehead atoms. The number of carbonyl (C=O) groups excluding carboxylic acids is 1. The van der Waals surface area contributed by atoms with Crippen molar-refractivity contribution in [3.8, 4) is 6.07 Å². The molecule has 0 aliphatic heterocycles. The summed E-state index contributed by atoms with van der Waals surface area (Å²) < 4.78 is 5.58. The molecular formula is C18H21NO2. The molecule has 0 heterocycles. The van der Waals surface area contributed by atoms with Gasteiger partial charge in [-0.2, -0.15) is 5.26 Å². The summed E-state index contributed by atoms with van der Waals surface area (Å²) in [6.07, 6.45) is 8.19.